The molecule has 5 nitrogen and oxygen atoms in total. The molecule has 5 heteroatoms. The molecule has 1 aliphatic carbocycles. The molecule has 1 aliphatic heterocycles. The van der Waals surface area contributed by atoms with Crippen molar-refractivity contribution in [3.05, 3.63) is 29.8 Å². The topological polar surface area (TPSA) is 70.2 Å². The lowest BCUT2D eigenvalue weighted by molar-refractivity contribution is -0.121. The van der Waals surface area contributed by atoms with Crippen LogP contribution in [0.5, 0.6) is 0 Å². The zero-order valence-corrected chi connectivity index (χ0v) is 10.6. The van der Waals surface area contributed by atoms with Crippen molar-refractivity contribution in [3.8, 4) is 0 Å². The van der Waals surface area contributed by atoms with Gasteiger partial charge in [-0.15, -0.1) is 0 Å². The van der Waals surface area contributed by atoms with E-state index in [1.807, 2.05) is 0 Å². The van der Waals surface area contributed by atoms with Crippen LogP contribution in [-0.2, 0) is 4.79 Å². The maximum atomic E-state index is 11.8. The van der Waals surface area contributed by atoms with E-state index in [1.54, 1.807) is 24.3 Å². The quantitative estimate of drug-likeness (QED) is 0.747. The second-order valence-corrected chi connectivity index (χ2v) is 5.17. The molecule has 1 saturated carbocycles. The van der Waals surface area contributed by atoms with Crippen LogP contribution in [0.25, 0.3) is 0 Å². The summed E-state index contributed by atoms with van der Waals surface area (Å²) in [6, 6.07) is 7.38. The Morgan fingerprint density at radius 2 is 1.79 bits per heavy atom. The first-order chi connectivity index (χ1) is 9.22. The van der Waals surface area contributed by atoms with E-state index in [-0.39, 0.29) is 17.7 Å². The smallest absolute Gasteiger partial charge is 0.251 e. The summed E-state index contributed by atoms with van der Waals surface area (Å²) in [5, 5.41) is 8.85. The van der Waals surface area contributed by atoms with Crippen LogP contribution in [0.1, 0.15) is 23.2 Å². The van der Waals surface area contributed by atoms with Gasteiger partial charge < -0.3 is 16.0 Å². The maximum Gasteiger partial charge on any atom is 0.251 e. The summed E-state index contributed by atoms with van der Waals surface area (Å²) in [5.74, 6) is 0.0651. The first-order valence-electron chi connectivity index (χ1n) is 6.65. The minimum Gasteiger partial charge on any atom is -0.349 e. The standard InChI is InChI=1S/C14H17N3O2/c18-13(16-12-5-6-12)9-1-3-11(4-2-9)17-14(19)10-7-15-8-10/h1-4,10,12,15H,5-8H2,(H,16,18)(H,17,19). The van der Waals surface area contributed by atoms with Gasteiger partial charge in [0.2, 0.25) is 5.91 Å². The van der Waals surface area contributed by atoms with Crippen molar-refractivity contribution < 1.29 is 9.59 Å². The lowest BCUT2D eigenvalue weighted by atomic mass is 10.0. The molecule has 2 fully saturated rings. The van der Waals surface area contributed by atoms with Crippen LogP contribution in [-0.4, -0.2) is 30.9 Å². The number of anilines is 1. The molecule has 3 N–H and O–H groups in total. The monoisotopic (exact) mass is 259 g/mol. The SMILES string of the molecule is O=C(NC1CC1)c1ccc(NC(=O)C2CNC2)cc1. The molecule has 1 saturated heterocycles. The molecule has 1 heterocycles. The fourth-order valence-corrected chi connectivity index (χ4v) is 1.92. The number of rotatable bonds is 4. The predicted molar refractivity (Wildman–Crippen MR) is 71.9 cm³/mol. The van der Waals surface area contributed by atoms with Crippen LogP contribution in [0, 0.1) is 5.92 Å². The summed E-state index contributed by atoms with van der Waals surface area (Å²) in [5.41, 5.74) is 1.37. The zero-order chi connectivity index (χ0) is 13.2. The van der Waals surface area contributed by atoms with Gasteiger partial charge in [-0.3, -0.25) is 9.59 Å². The molecule has 1 aromatic rings. The third-order valence-electron chi connectivity index (χ3n) is 3.48. The molecule has 0 radical (unpaired) electrons. The van der Waals surface area contributed by atoms with Gasteiger partial charge >= 0.3 is 0 Å². The highest BCUT2D eigenvalue weighted by Gasteiger charge is 2.25. The average Bonchev–Trinajstić information content (AvgIpc) is 3.11. The second-order valence-electron chi connectivity index (χ2n) is 5.17. The first kappa shape index (κ1) is 12.2. The van der Waals surface area contributed by atoms with E-state index in [0.717, 1.165) is 31.6 Å². The third-order valence-corrected chi connectivity index (χ3v) is 3.48. The molecular weight excluding hydrogens is 242 g/mol. The number of carbonyl (C=O) groups excluding carboxylic acids is 2. The van der Waals surface area contributed by atoms with Crippen LogP contribution in [0.3, 0.4) is 0 Å². The van der Waals surface area contributed by atoms with E-state index in [9.17, 15) is 9.59 Å². The van der Waals surface area contributed by atoms with Crippen molar-refractivity contribution >= 4 is 17.5 Å². The van der Waals surface area contributed by atoms with Gasteiger partial charge in [0.05, 0.1) is 5.92 Å². The van der Waals surface area contributed by atoms with Crippen molar-refractivity contribution in [2.24, 2.45) is 5.92 Å². The van der Waals surface area contributed by atoms with Gasteiger partial charge in [0, 0.05) is 30.4 Å². The number of amides is 2. The van der Waals surface area contributed by atoms with Gasteiger partial charge in [-0.25, -0.2) is 0 Å². The summed E-state index contributed by atoms with van der Waals surface area (Å²) in [7, 11) is 0. The van der Waals surface area contributed by atoms with Crippen LogP contribution in [0.15, 0.2) is 24.3 Å². The van der Waals surface area contributed by atoms with E-state index in [4.69, 9.17) is 0 Å². The van der Waals surface area contributed by atoms with Gasteiger partial charge in [-0.2, -0.15) is 0 Å². The third kappa shape index (κ3) is 2.93. The number of hydrogen-bond donors (Lipinski definition) is 3. The molecule has 0 bridgehead atoms. The second kappa shape index (κ2) is 5.01. The highest BCUT2D eigenvalue weighted by atomic mass is 16.2. The van der Waals surface area contributed by atoms with Crippen LogP contribution in [0.2, 0.25) is 0 Å². The molecule has 0 spiro atoms. The number of nitrogens with one attached hydrogen (secondary N) is 3. The molecule has 2 amide bonds. The average molecular weight is 259 g/mol. The predicted octanol–water partition coefficient (Wildman–Crippen LogP) is 0.737. The summed E-state index contributed by atoms with van der Waals surface area (Å²) in [6.07, 6.45) is 2.16. The normalized spacial score (nSPS) is 18.5. The summed E-state index contributed by atoms with van der Waals surface area (Å²) >= 11 is 0. The molecular formula is C14H17N3O2. The highest BCUT2D eigenvalue weighted by molar-refractivity contribution is 5.96. The molecule has 0 unspecified atom stereocenters. The van der Waals surface area contributed by atoms with Gasteiger partial charge in [-0.1, -0.05) is 0 Å². The number of carbonyl (C=O) groups is 2. The van der Waals surface area contributed by atoms with Crippen molar-refractivity contribution in [3.63, 3.8) is 0 Å². The minimum absolute atomic E-state index is 0.0360. The molecule has 2 aliphatic rings. The van der Waals surface area contributed by atoms with Crippen LogP contribution >= 0.6 is 0 Å². The Morgan fingerprint density at radius 3 is 2.32 bits per heavy atom. The van der Waals surface area contributed by atoms with E-state index >= 15 is 0 Å². The molecule has 19 heavy (non-hydrogen) atoms. The van der Waals surface area contributed by atoms with Crippen molar-refractivity contribution in [2.45, 2.75) is 18.9 Å². The van der Waals surface area contributed by atoms with Crippen molar-refractivity contribution in [1.82, 2.24) is 10.6 Å². The van der Waals surface area contributed by atoms with Gasteiger partial charge in [-0.05, 0) is 37.1 Å². The van der Waals surface area contributed by atoms with E-state index in [1.165, 1.54) is 0 Å². The summed E-state index contributed by atoms with van der Waals surface area (Å²) in [6.45, 7) is 1.49. The molecule has 1 aromatic carbocycles. The number of benzene rings is 1. The molecule has 100 valence electrons. The van der Waals surface area contributed by atoms with Gasteiger partial charge in [0.1, 0.15) is 0 Å². The highest BCUT2D eigenvalue weighted by Crippen LogP contribution is 2.19. The van der Waals surface area contributed by atoms with E-state index in [2.05, 4.69) is 16.0 Å². The molecule has 3 rings (SSSR count). The lowest BCUT2D eigenvalue weighted by Crippen LogP contribution is -2.48. The largest absolute Gasteiger partial charge is 0.349 e. The van der Waals surface area contributed by atoms with Crippen molar-refractivity contribution in [2.75, 3.05) is 18.4 Å². The Hall–Kier alpha value is -1.88. The van der Waals surface area contributed by atoms with Crippen LogP contribution in [0.4, 0.5) is 5.69 Å². The fraction of sp³-hybridized carbons (Fsp3) is 0.429. The Morgan fingerprint density at radius 1 is 1.11 bits per heavy atom. The number of hydrogen-bond acceptors (Lipinski definition) is 3. The van der Waals surface area contributed by atoms with Crippen LogP contribution < -0.4 is 16.0 Å². The summed E-state index contributed by atoms with van der Waals surface area (Å²) < 4.78 is 0. The Balaban J connectivity index is 1.58. The van der Waals surface area contributed by atoms with E-state index < -0.39 is 0 Å². The fourth-order valence-electron chi connectivity index (χ4n) is 1.92. The summed E-state index contributed by atoms with van der Waals surface area (Å²) in [4.78, 5) is 23.5. The van der Waals surface area contributed by atoms with Gasteiger partial charge in [0.15, 0.2) is 0 Å². The Bertz CT molecular complexity index is 490. The molecule has 0 aromatic heterocycles. The Labute approximate surface area is 111 Å². The first-order valence-corrected chi connectivity index (χ1v) is 6.65. The van der Waals surface area contributed by atoms with Gasteiger partial charge in [0.25, 0.3) is 5.91 Å². The zero-order valence-electron chi connectivity index (χ0n) is 10.6. The van der Waals surface area contributed by atoms with Crippen molar-refractivity contribution in [1.29, 1.82) is 0 Å². The Kier molecular flexibility index (Phi) is 3.21. The lowest BCUT2D eigenvalue weighted by Gasteiger charge is -2.25. The van der Waals surface area contributed by atoms with E-state index in [0.29, 0.717) is 11.6 Å². The maximum absolute atomic E-state index is 11.8. The minimum atomic E-state index is -0.0384. The molecule has 0 atom stereocenters.